The standard InChI is InChI=1S/C12H14BrFN2O/c1-15(2)9-6-16(7-9)12(17)10-5-8(14)3-4-11(10)13/h3-5,9H,6-7H2,1-2H3. The Hall–Kier alpha value is -0.940. The van der Waals surface area contributed by atoms with Crippen molar-refractivity contribution in [2.75, 3.05) is 27.2 Å². The zero-order chi connectivity index (χ0) is 12.6. The van der Waals surface area contributed by atoms with E-state index in [2.05, 4.69) is 20.8 Å². The van der Waals surface area contributed by atoms with Crippen molar-refractivity contribution in [2.45, 2.75) is 6.04 Å². The van der Waals surface area contributed by atoms with Crippen LogP contribution in [0.1, 0.15) is 10.4 Å². The Balaban J connectivity index is 2.09. The molecule has 0 atom stereocenters. The van der Waals surface area contributed by atoms with Crippen LogP contribution in [0.4, 0.5) is 4.39 Å². The highest BCUT2D eigenvalue weighted by Gasteiger charge is 2.33. The molecule has 0 N–H and O–H groups in total. The number of halogens is 2. The quantitative estimate of drug-likeness (QED) is 0.834. The fourth-order valence-electron chi connectivity index (χ4n) is 1.78. The van der Waals surface area contributed by atoms with Crippen LogP contribution < -0.4 is 0 Å². The molecule has 1 aliphatic heterocycles. The molecule has 1 heterocycles. The van der Waals surface area contributed by atoms with Gasteiger partial charge in [0.15, 0.2) is 0 Å². The maximum absolute atomic E-state index is 13.1. The molecule has 1 aliphatic rings. The molecule has 1 amide bonds. The summed E-state index contributed by atoms with van der Waals surface area (Å²) in [6.45, 7) is 1.41. The molecule has 0 aromatic heterocycles. The minimum Gasteiger partial charge on any atom is -0.335 e. The molecule has 3 nitrogen and oxygen atoms in total. The first-order valence-electron chi connectivity index (χ1n) is 5.40. The van der Waals surface area contributed by atoms with E-state index in [0.29, 0.717) is 29.2 Å². The monoisotopic (exact) mass is 300 g/mol. The van der Waals surface area contributed by atoms with Crippen molar-refractivity contribution in [3.05, 3.63) is 34.1 Å². The molecule has 0 bridgehead atoms. The molecule has 1 aromatic rings. The molecule has 1 fully saturated rings. The van der Waals surface area contributed by atoms with Crippen LogP contribution in [0.3, 0.4) is 0 Å². The van der Waals surface area contributed by atoms with Crippen molar-refractivity contribution in [3.8, 4) is 0 Å². The van der Waals surface area contributed by atoms with E-state index in [-0.39, 0.29) is 11.7 Å². The lowest BCUT2D eigenvalue weighted by molar-refractivity contribution is 0.0398. The lowest BCUT2D eigenvalue weighted by atomic mass is 10.1. The van der Waals surface area contributed by atoms with Crippen LogP contribution in [0.2, 0.25) is 0 Å². The smallest absolute Gasteiger partial charge is 0.255 e. The van der Waals surface area contributed by atoms with E-state index in [4.69, 9.17) is 0 Å². The molecule has 0 radical (unpaired) electrons. The van der Waals surface area contributed by atoms with Gasteiger partial charge >= 0.3 is 0 Å². The maximum Gasteiger partial charge on any atom is 0.255 e. The Morgan fingerprint density at radius 2 is 2.12 bits per heavy atom. The third kappa shape index (κ3) is 2.50. The van der Waals surface area contributed by atoms with Crippen LogP contribution in [0.15, 0.2) is 22.7 Å². The summed E-state index contributed by atoms with van der Waals surface area (Å²) in [6, 6.07) is 4.58. The number of hydrogen-bond acceptors (Lipinski definition) is 2. The first kappa shape index (κ1) is 12.5. The Morgan fingerprint density at radius 3 is 2.71 bits per heavy atom. The molecule has 0 saturated carbocycles. The van der Waals surface area contributed by atoms with E-state index < -0.39 is 0 Å². The maximum atomic E-state index is 13.1. The average molecular weight is 301 g/mol. The van der Waals surface area contributed by atoms with Crippen molar-refractivity contribution in [3.63, 3.8) is 0 Å². The summed E-state index contributed by atoms with van der Waals surface area (Å²) in [5.74, 6) is -0.504. The van der Waals surface area contributed by atoms with Gasteiger partial charge < -0.3 is 9.80 Å². The van der Waals surface area contributed by atoms with Crippen molar-refractivity contribution in [2.24, 2.45) is 0 Å². The molecule has 1 aromatic carbocycles. The number of likely N-dealkylation sites (N-methyl/N-ethyl adjacent to an activating group) is 1. The van der Waals surface area contributed by atoms with Gasteiger partial charge in [0.1, 0.15) is 5.82 Å². The van der Waals surface area contributed by atoms with Crippen LogP contribution in [-0.2, 0) is 0 Å². The van der Waals surface area contributed by atoms with Gasteiger partial charge in [0.25, 0.3) is 5.91 Å². The first-order chi connectivity index (χ1) is 7.99. The van der Waals surface area contributed by atoms with Crippen molar-refractivity contribution in [1.82, 2.24) is 9.80 Å². The molecule has 1 saturated heterocycles. The predicted molar refractivity (Wildman–Crippen MR) is 67.5 cm³/mol. The summed E-state index contributed by atoms with van der Waals surface area (Å²) in [5.41, 5.74) is 0.391. The van der Waals surface area contributed by atoms with Crippen molar-refractivity contribution < 1.29 is 9.18 Å². The van der Waals surface area contributed by atoms with Crippen LogP contribution in [0.5, 0.6) is 0 Å². The SMILES string of the molecule is CN(C)C1CN(C(=O)c2cc(F)ccc2Br)C1. The van der Waals surface area contributed by atoms with Gasteiger partial charge in [-0.05, 0) is 48.2 Å². The second kappa shape index (κ2) is 4.74. The van der Waals surface area contributed by atoms with Gasteiger partial charge in [0.2, 0.25) is 0 Å². The van der Waals surface area contributed by atoms with Gasteiger partial charge in [-0.2, -0.15) is 0 Å². The molecule has 0 spiro atoms. The number of carbonyl (C=O) groups is 1. The summed E-state index contributed by atoms with van der Waals surface area (Å²) in [5, 5.41) is 0. The minimum absolute atomic E-state index is 0.116. The van der Waals surface area contributed by atoms with E-state index >= 15 is 0 Å². The Morgan fingerprint density at radius 1 is 1.47 bits per heavy atom. The van der Waals surface area contributed by atoms with Gasteiger partial charge in [0.05, 0.1) is 5.56 Å². The van der Waals surface area contributed by atoms with Crippen molar-refractivity contribution in [1.29, 1.82) is 0 Å². The van der Waals surface area contributed by atoms with E-state index in [1.807, 2.05) is 14.1 Å². The predicted octanol–water partition coefficient (Wildman–Crippen LogP) is 1.97. The lowest BCUT2D eigenvalue weighted by Crippen LogP contribution is -2.59. The van der Waals surface area contributed by atoms with Gasteiger partial charge in [-0.1, -0.05) is 0 Å². The molecule has 0 unspecified atom stereocenters. The van der Waals surface area contributed by atoms with Gasteiger partial charge in [-0.15, -0.1) is 0 Å². The first-order valence-corrected chi connectivity index (χ1v) is 6.19. The van der Waals surface area contributed by atoms with E-state index in [1.54, 1.807) is 11.0 Å². The number of likely N-dealkylation sites (tertiary alicyclic amines) is 1. The number of nitrogens with zero attached hydrogens (tertiary/aromatic N) is 2. The highest BCUT2D eigenvalue weighted by Crippen LogP contribution is 2.23. The van der Waals surface area contributed by atoms with Crippen LogP contribution in [0.25, 0.3) is 0 Å². The van der Waals surface area contributed by atoms with Gasteiger partial charge in [-0.25, -0.2) is 4.39 Å². The zero-order valence-corrected chi connectivity index (χ0v) is 11.4. The van der Waals surface area contributed by atoms with E-state index in [1.165, 1.54) is 12.1 Å². The third-order valence-electron chi connectivity index (χ3n) is 3.04. The number of rotatable bonds is 2. The molecular formula is C12H14BrFN2O. The van der Waals surface area contributed by atoms with E-state index in [9.17, 15) is 9.18 Å². The summed E-state index contributed by atoms with van der Waals surface area (Å²) in [7, 11) is 3.98. The summed E-state index contributed by atoms with van der Waals surface area (Å²) in [6.07, 6.45) is 0. The molecule has 5 heteroatoms. The highest BCUT2D eigenvalue weighted by atomic mass is 79.9. The number of hydrogen-bond donors (Lipinski definition) is 0. The Kier molecular flexibility index (Phi) is 3.49. The molecular weight excluding hydrogens is 287 g/mol. The van der Waals surface area contributed by atoms with Crippen LogP contribution in [0, 0.1) is 5.82 Å². The number of carbonyl (C=O) groups excluding carboxylic acids is 1. The second-order valence-corrected chi connectivity index (χ2v) is 5.31. The van der Waals surface area contributed by atoms with Crippen molar-refractivity contribution >= 4 is 21.8 Å². The highest BCUT2D eigenvalue weighted by molar-refractivity contribution is 9.10. The van der Waals surface area contributed by atoms with Gasteiger partial charge in [0, 0.05) is 23.6 Å². The molecule has 92 valence electrons. The Bertz CT molecular complexity index is 444. The second-order valence-electron chi connectivity index (χ2n) is 4.45. The molecule has 2 rings (SSSR count). The lowest BCUT2D eigenvalue weighted by Gasteiger charge is -2.42. The fourth-order valence-corrected chi connectivity index (χ4v) is 2.20. The average Bonchev–Trinajstić information content (AvgIpc) is 2.18. The normalized spacial score (nSPS) is 16.2. The fraction of sp³-hybridized carbons (Fsp3) is 0.417. The summed E-state index contributed by atoms with van der Waals surface area (Å²) >= 11 is 3.27. The molecule has 0 aliphatic carbocycles. The summed E-state index contributed by atoms with van der Waals surface area (Å²) in [4.78, 5) is 15.9. The van der Waals surface area contributed by atoms with E-state index in [0.717, 1.165) is 0 Å². The number of benzene rings is 1. The minimum atomic E-state index is -0.388. The van der Waals surface area contributed by atoms with Crippen LogP contribution >= 0.6 is 15.9 Å². The zero-order valence-electron chi connectivity index (χ0n) is 9.78. The Labute approximate surface area is 108 Å². The largest absolute Gasteiger partial charge is 0.335 e. The number of amides is 1. The topological polar surface area (TPSA) is 23.6 Å². The molecule has 17 heavy (non-hydrogen) atoms. The van der Waals surface area contributed by atoms with Crippen LogP contribution in [-0.4, -0.2) is 48.9 Å². The third-order valence-corrected chi connectivity index (χ3v) is 3.73. The summed E-state index contributed by atoms with van der Waals surface area (Å²) < 4.78 is 13.7. The van der Waals surface area contributed by atoms with Gasteiger partial charge in [-0.3, -0.25) is 4.79 Å².